The normalized spacial score (nSPS) is 17.9. The molecule has 0 spiro atoms. The summed E-state index contributed by atoms with van der Waals surface area (Å²) in [6.45, 7) is 1.67. The summed E-state index contributed by atoms with van der Waals surface area (Å²) in [6, 6.07) is 6.81. The first-order valence-corrected chi connectivity index (χ1v) is 8.11. The lowest BCUT2D eigenvalue weighted by Crippen LogP contribution is -2.42. The molecule has 7 heteroatoms. The molecule has 112 valence electrons. The second-order valence-corrected chi connectivity index (χ2v) is 6.58. The minimum absolute atomic E-state index is 0.433. The van der Waals surface area contributed by atoms with Crippen LogP contribution < -0.4 is 15.2 Å². The average molecular weight is 299 g/mol. The van der Waals surface area contributed by atoms with Crippen LogP contribution >= 0.6 is 0 Å². The van der Waals surface area contributed by atoms with Gasteiger partial charge in [0.25, 0.3) is 0 Å². The molecule has 0 saturated carbocycles. The van der Waals surface area contributed by atoms with E-state index in [1.165, 1.54) is 4.31 Å². The zero-order valence-electron chi connectivity index (χ0n) is 11.6. The summed E-state index contributed by atoms with van der Waals surface area (Å²) >= 11 is 0. The number of rotatable bonds is 5. The largest absolute Gasteiger partial charge is 0.497 e. The van der Waals surface area contributed by atoms with Crippen LogP contribution in [0.3, 0.4) is 0 Å². The van der Waals surface area contributed by atoms with E-state index in [0.717, 1.165) is 12.8 Å². The van der Waals surface area contributed by atoms with E-state index in [0.29, 0.717) is 37.0 Å². The van der Waals surface area contributed by atoms with Crippen molar-refractivity contribution < 1.29 is 13.2 Å². The van der Waals surface area contributed by atoms with Crippen molar-refractivity contribution in [1.29, 1.82) is 0 Å². The van der Waals surface area contributed by atoms with E-state index < -0.39 is 10.2 Å². The predicted molar refractivity (Wildman–Crippen MR) is 78.9 cm³/mol. The smallest absolute Gasteiger partial charge is 0.301 e. The summed E-state index contributed by atoms with van der Waals surface area (Å²) in [5, 5.41) is 0. The number of nitrogens with zero attached hydrogens (tertiary/aromatic N) is 1. The molecule has 20 heavy (non-hydrogen) atoms. The number of piperidine rings is 1. The first-order chi connectivity index (χ1) is 9.55. The van der Waals surface area contributed by atoms with Gasteiger partial charge >= 0.3 is 10.2 Å². The molecule has 1 aromatic rings. The number of nitrogens with two attached hydrogens (primary N) is 1. The third-order valence-corrected chi connectivity index (χ3v) is 5.12. The first kappa shape index (κ1) is 15.1. The molecule has 3 N–H and O–H groups in total. The second kappa shape index (κ2) is 6.43. The number of anilines is 1. The van der Waals surface area contributed by atoms with Gasteiger partial charge in [-0.25, -0.2) is 0 Å². The van der Waals surface area contributed by atoms with Gasteiger partial charge in [0, 0.05) is 13.1 Å². The number of benzene rings is 1. The molecule has 1 fully saturated rings. The molecule has 0 aliphatic carbocycles. The average Bonchev–Trinajstić information content (AvgIpc) is 2.48. The van der Waals surface area contributed by atoms with Crippen molar-refractivity contribution in [2.24, 2.45) is 11.7 Å². The minimum Gasteiger partial charge on any atom is -0.497 e. The number of methoxy groups -OCH3 is 1. The third kappa shape index (κ3) is 3.62. The Bertz CT molecular complexity index is 522. The van der Waals surface area contributed by atoms with Crippen LogP contribution in [0.15, 0.2) is 24.3 Å². The number of nitrogens with one attached hydrogen (secondary N) is 1. The van der Waals surface area contributed by atoms with E-state index in [1.807, 2.05) is 0 Å². The predicted octanol–water partition coefficient (Wildman–Crippen LogP) is 1.02. The lowest BCUT2D eigenvalue weighted by molar-refractivity contribution is 0.280. The second-order valence-electron chi connectivity index (χ2n) is 4.91. The van der Waals surface area contributed by atoms with Gasteiger partial charge < -0.3 is 10.5 Å². The van der Waals surface area contributed by atoms with Gasteiger partial charge in [-0.2, -0.15) is 12.7 Å². The highest BCUT2D eigenvalue weighted by Crippen LogP contribution is 2.21. The van der Waals surface area contributed by atoms with Crippen LogP contribution in [0.4, 0.5) is 5.69 Å². The molecular formula is C13H21N3O3S. The maximum absolute atomic E-state index is 12.3. The Balaban J connectivity index is 2.00. The topological polar surface area (TPSA) is 84.7 Å². The van der Waals surface area contributed by atoms with Crippen molar-refractivity contribution in [3.8, 4) is 5.75 Å². The lowest BCUT2D eigenvalue weighted by Gasteiger charge is -2.30. The molecule has 6 nitrogen and oxygen atoms in total. The summed E-state index contributed by atoms with van der Waals surface area (Å²) in [7, 11) is -1.92. The maximum Gasteiger partial charge on any atom is 0.301 e. The van der Waals surface area contributed by atoms with Crippen LogP contribution in [0, 0.1) is 5.92 Å². The Morgan fingerprint density at radius 2 is 1.90 bits per heavy atom. The molecule has 1 aliphatic rings. The van der Waals surface area contributed by atoms with Gasteiger partial charge in [-0.3, -0.25) is 4.72 Å². The Morgan fingerprint density at radius 3 is 2.40 bits per heavy atom. The number of hydrogen-bond acceptors (Lipinski definition) is 4. The quantitative estimate of drug-likeness (QED) is 0.850. The summed E-state index contributed by atoms with van der Waals surface area (Å²) in [5.74, 6) is 1.12. The van der Waals surface area contributed by atoms with Gasteiger partial charge in [-0.1, -0.05) is 0 Å². The van der Waals surface area contributed by atoms with Crippen LogP contribution in [-0.2, 0) is 10.2 Å². The molecule has 0 amide bonds. The summed E-state index contributed by atoms with van der Waals surface area (Å²) < 4.78 is 33.6. The zero-order chi connectivity index (χ0) is 14.6. The Hall–Kier alpha value is -1.31. The van der Waals surface area contributed by atoms with Gasteiger partial charge in [0.05, 0.1) is 12.8 Å². The summed E-state index contributed by atoms with van der Waals surface area (Å²) in [4.78, 5) is 0. The Morgan fingerprint density at radius 1 is 1.30 bits per heavy atom. The highest BCUT2D eigenvalue weighted by atomic mass is 32.2. The molecule has 0 atom stereocenters. The summed E-state index contributed by atoms with van der Waals surface area (Å²) in [5.41, 5.74) is 6.15. The first-order valence-electron chi connectivity index (χ1n) is 6.67. The fourth-order valence-corrected chi connectivity index (χ4v) is 3.51. The van der Waals surface area contributed by atoms with Gasteiger partial charge in [0.2, 0.25) is 0 Å². The van der Waals surface area contributed by atoms with Gasteiger partial charge in [-0.15, -0.1) is 0 Å². The van der Waals surface area contributed by atoms with Crippen LogP contribution in [-0.4, -0.2) is 39.5 Å². The molecule has 0 aromatic heterocycles. The molecule has 1 aromatic carbocycles. The maximum atomic E-state index is 12.3. The van der Waals surface area contributed by atoms with E-state index in [9.17, 15) is 8.42 Å². The number of hydrogen-bond donors (Lipinski definition) is 2. The molecule has 2 rings (SSSR count). The standard InChI is InChI=1S/C13H21N3O3S/c1-19-13-4-2-12(3-5-13)15-20(17,18)16-8-6-11(10-14)7-9-16/h2-5,11,15H,6-10,14H2,1H3. The molecule has 0 bridgehead atoms. The van der Waals surface area contributed by atoms with Gasteiger partial charge in [-0.05, 0) is 49.6 Å². The van der Waals surface area contributed by atoms with E-state index in [-0.39, 0.29) is 0 Å². The van der Waals surface area contributed by atoms with Crippen LogP contribution in [0.1, 0.15) is 12.8 Å². The Labute approximate surface area is 120 Å². The van der Waals surface area contributed by atoms with E-state index in [1.54, 1.807) is 31.4 Å². The van der Waals surface area contributed by atoms with Gasteiger partial charge in [0.15, 0.2) is 0 Å². The van der Waals surface area contributed by atoms with Crippen molar-refractivity contribution in [1.82, 2.24) is 4.31 Å². The van der Waals surface area contributed by atoms with Gasteiger partial charge in [0.1, 0.15) is 5.75 Å². The van der Waals surface area contributed by atoms with Crippen LogP contribution in [0.2, 0.25) is 0 Å². The Kier molecular flexibility index (Phi) is 4.85. The van der Waals surface area contributed by atoms with E-state index >= 15 is 0 Å². The lowest BCUT2D eigenvalue weighted by atomic mass is 9.99. The monoisotopic (exact) mass is 299 g/mol. The van der Waals surface area contributed by atoms with Crippen molar-refractivity contribution in [2.45, 2.75) is 12.8 Å². The fraction of sp³-hybridized carbons (Fsp3) is 0.538. The SMILES string of the molecule is COc1ccc(NS(=O)(=O)N2CCC(CN)CC2)cc1. The molecule has 1 aliphatic heterocycles. The van der Waals surface area contributed by atoms with E-state index in [2.05, 4.69) is 4.72 Å². The highest BCUT2D eigenvalue weighted by Gasteiger charge is 2.27. The molecule has 0 radical (unpaired) electrons. The van der Waals surface area contributed by atoms with Crippen molar-refractivity contribution in [3.63, 3.8) is 0 Å². The zero-order valence-corrected chi connectivity index (χ0v) is 12.4. The molecular weight excluding hydrogens is 278 g/mol. The van der Waals surface area contributed by atoms with Crippen LogP contribution in [0.5, 0.6) is 5.75 Å². The molecule has 1 heterocycles. The third-order valence-electron chi connectivity index (χ3n) is 3.58. The van der Waals surface area contributed by atoms with E-state index in [4.69, 9.17) is 10.5 Å². The van der Waals surface area contributed by atoms with Crippen molar-refractivity contribution in [3.05, 3.63) is 24.3 Å². The molecule has 0 unspecified atom stereocenters. The minimum atomic E-state index is -3.49. The molecule has 1 saturated heterocycles. The van der Waals surface area contributed by atoms with Crippen molar-refractivity contribution >= 4 is 15.9 Å². The summed E-state index contributed by atoms with van der Waals surface area (Å²) in [6.07, 6.45) is 1.64. The number of ether oxygens (including phenoxy) is 1. The highest BCUT2D eigenvalue weighted by molar-refractivity contribution is 7.90. The fourth-order valence-electron chi connectivity index (χ4n) is 2.26. The van der Waals surface area contributed by atoms with Crippen molar-refractivity contribution in [2.75, 3.05) is 31.5 Å². The van der Waals surface area contributed by atoms with Crippen LogP contribution in [0.25, 0.3) is 0 Å².